The summed E-state index contributed by atoms with van der Waals surface area (Å²) in [6.45, 7) is 3.36. The Balaban J connectivity index is 1.66. The number of carbonyl (C=O) groups is 3. The van der Waals surface area contributed by atoms with Crippen LogP contribution >= 0.6 is 0 Å². The molecule has 43 heavy (non-hydrogen) atoms. The number of hydrogen-bond acceptors (Lipinski definition) is 6. The second-order valence-electron chi connectivity index (χ2n) is 10.3. The van der Waals surface area contributed by atoms with Crippen LogP contribution in [0.15, 0.2) is 115 Å². The highest BCUT2D eigenvalue weighted by molar-refractivity contribution is 6.10. The van der Waals surface area contributed by atoms with E-state index >= 15 is 0 Å². The molecule has 1 aliphatic heterocycles. The first-order valence-electron chi connectivity index (χ1n) is 14.5. The van der Waals surface area contributed by atoms with E-state index in [-0.39, 0.29) is 13.2 Å². The minimum atomic E-state index is -2.09. The highest BCUT2D eigenvalue weighted by Crippen LogP contribution is 2.59. The quantitative estimate of drug-likeness (QED) is 0.0857. The molecule has 3 atom stereocenters. The van der Waals surface area contributed by atoms with Gasteiger partial charge in [0.25, 0.3) is 0 Å². The topological polar surface area (TPSA) is 78.9 Å². The zero-order valence-electron chi connectivity index (χ0n) is 24.2. The van der Waals surface area contributed by atoms with E-state index in [1.54, 1.807) is 68.4 Å². The van der Waals surface area contributed by atoms with Crippen LogP contribution in [-0.4, -0.2) is 30.9 Å². The lowest BCUT2D eigenvalue weighted by Gasteiger charge is -2.33. The van der Waals surface area contributed by atoms with Crippen LogP contribution < -0.4 is 0 Å². The van der Waals surface area contributed by atoms with Gasteiger partial charge in [-0.3, -0.25) is 14.4 Å². The number of ether oxygens (including phenoxy) is 3. The molecule has 1 heterocycles. The van der Waals surface area contributed by atoms with Crippen LogP contribution in [0.5, 0.6) is 0 Å². The molecule has 5 rings (SSSR count). The maximum atomic E-state index is 14.5. The van der Waals surface area contributed by atoms with E-state index in [0.29, 0.717) is 16.7 Å². The Kier molecular flexibility index (Phi) is 9.28. The first-order valence-corrected chi connectivity index (χ1v) is 14.5. The van der Waals surface area contributed by atoms with Gasteiger partial charge in [-0.15, -0.1) is 0 Å². The Morgan fingerprint density at radius 2 is 1.14 bits per heavy atom. The molecule has 0 unspecified atom stereocenters. The number of rotatable bonds is 10. The van der Waals surface area contributed by atoms with Crippen molar-refractivity contribution in [3.63, 3.8) is 0 Å². The third kappa shape index (κ3) is 5.92. The van der Waals surface area contributed by atoms with E-state index in [1.807, 2.05) is 72.8 Å². The fraction of sp³-hybridized carbons (Fsp3) is 0.216. The van der Waals surface area contributed by atoms with E-state index in [4.69, 9.17) is 14.2 Å². The van der Waals surface area contributed by atoms with Crippen molar-refractivity contribution >= 4 is 29.9 Å². The average molecular weight is 575 g/mol. The van der Waals surface area contributed by atoms with Crippen molar-refractivity contribution < 1.29 is 28.6 Å². The van der Waals surface area contributed by atoms with Crippen LogP contribution in [0.1, 0.15) is 58.7 Å². The van der Waals surface area contributed by atoms with Crippen LogP contribution in [0.4, 0.5) is 0 Å². The molecule has 0 saturated carbocycles. The SMILES string of the molecule is CCOC(=O)C1(C(=O)OCC)[C@H](C(=O)c2ccccc2)[C@@H](c2ccc(/C=C/c3ccccc3)cc2)O[C@H]1c1ccccc1. The third-order valence-corrected chi connectivity index (χ3v) is 7.69. The van der Waals surface area contributed by atoms with Crippen LogP contribution in [-0.2, 0) is 23.8 Å². The van der Waals surface area contributed by atoms with Gasteiger partial charge < -0.3 is 14.2 Å². The lowest BCUT2D eigenvalue weighted by molar-refractivity contribution is -0.178. The van der Waals surface area contributed by atoms with E-state index < -0.39 is 41.3 Å². The molecular formula is C37H34O6. The van der Waals surface area contributed by atoms with Gasteiger partial charge >= 0.3 is 11.9 Å². The molecule has 1 aliphatic rings. The molecule has 1 saturated heterocycles. The van der Waals surface area contributed by atoms with Crippen molar-refractivity contribution in [3.8, 4) is 0 Å². The summed E-state index contributed by atoms with van der Waals surface area (Å²) >= 11 is 0. The van der Waals surface area contributed by atoms with Gasteiger partial charge in [-0.05, 0) is 36.1 Å². The molecule has 1 fully saturated rings. The molecule has 0 spiro atoms. The average Bonchev–Trinajstić information content (AvgIpc) is 3.42. The van der Waals surface area contributed by atoms with Crippen molar-refractivity contribution in [2.75, 3.05) is 13.2 Å². The normalized spacial score (nSPS) is 19.2. The van der Waals surface area contributed by atoms with Crippen molar-refractivity contribution in [1.29, 1.82) is 0 Å². The summed E-state index contributed by atoms with van der Waals surface area (Å²) in [5.41, 5.74) is 1.51. The second kappa shape index (κ2) is 13.4. The summed E-state index contributed by atoms with van der Waals surface area (Å²) in [6, 6.07) is 35.2. The van der Waals surface area contributed by atoms with E-state index in [2.05, 4.69) is 0 Å². The van der Waals surface area contributed by atoms with Gasteiger partial charge in [0, 0.05) is 5.56 Å². The summed E-state index contributed by atoms with van der Waals surface area (Å²) in [7, 11) is 0. The van der Waals surface area contributed by atoms with Gasteiger partial charge in [-0.2, -0.15) is 0 Å². The smallest absolute Gasteiger partial charge is 0.327 e. The maximum absolute atomic E-state index is 14.5. The maximum Gasteiger partial charge on any atom is 0.327 e. The van der Waals surface area contributed by atoms with Crippen molar-refractivity contribution in [1.82, 2.24) is 0 Å². The van der Waals surface area contributed by atoms with Gasteiger partial charge in [0.05, 0.1) is 25.2 Å². The molecule has 0 N–H and O–H groups in total. The number of hydrogen-bond donors (Lipinski definition) is 0. The predicted molar refractivity (Wildman–Crippen MR) is 165 cm³/mol. The zero-order chi connectivity index (χ0) is 30.2. The molecule has 4 aromatic carbocycles. The van der Waals surface area contributed by atoms with Gasteiger partial charge in [0.2, 0.25) is 5.41 Å². The van der Waals surface area contributed by atoms with Gasteiger partial charge in [-0.1, -0.05) is 127 Å². The summed E-state index contributed by atoms with van der Waals surface area (Å²) < 4.78 is 17.8. The number of ketones is 1. The Morgan fingerprint density at radius 3 is 1.67 bits per heavy atom. The van der Waals surface area contributed by atoms with Crippen molar-refractivity contribution in [2.24, 2.45) is 11.3 Å². The third-order valence-electron chi connectivity index (χ3n) is 7.69. The molecule has 0 aliphatic carbocycles. The minimum Gasteiger partial charge on any atom is -0.465 e. The Morgan fingerprint density at radius 1 is 0.651 bits per heavy atom. The zero-order valence-corrected chi connectivity index (χ0v) is 24.2. The van der Waals surface area contributed by atoms with E-state index in [9.17, 15) is 14.4 Å². The molecule has 218 valence electrons. The lowest BCUT2D eigenvalue weighted by Crippen LogP contribution is -2.51. The number of Topliss-reactive ketones (excluding diaryl/α,β-unsaturated/α-hetero) is 1. The first kappa shape index (κ1) is 29.7. The molecule has 0 aromatic heterocycles. The number of carbonyl (C=O) groups excluding carboxylic acids is 3. The van der Waals surface area contributed by atoms with Gasteiger partial charge in [0.15, 0.2) is 5.78 Å². The van der Waals surface area contributed by atoms with Crippen LogP contribution in [0.3, 0.4) is 0 Å². The largest absolute Gasteiger partial charge is 0.465 e. The van der Waals surface area contributed by atoms with E-state index in [0.717, 1.165) is 11.1 Å². The van der Waals surface area contributed by atoms with Crippen LogP contribution in [0, 0.1) is 11.3 Å². The molecule has 0 amide bonds. The van der Waals surface area contributed by atoms with Crippen molar-refractivity contribution in [3.05, 3.63) is 143 Å². The standard InChI is InChI=1S/C37H34O6/c1-3-41-35(39)37(36(40)42-4-2)31(32(38)28-16-10-6-11-17-28)33(43-34(37)30-18-12-7-13-19-30)29-24-22-27(23-25-29)21-20-26-14-8-5-9-15-26/h5-25,31,33-34H,3-4H2,1-2H3/b21-20+/t31-,33-,34+/m1/s1. The fourth-order valence-corrected chi connectivity index (χ4v) is 5.71. The van der Waals surface area contributed by atoms with E-state index in [1.165, 1.54) is 0 Å². The highest BCUT2D eigenvalue weighted by atomic mass is 16.6. The van der Waals surface area contributed by atoms with Crippen LogP contribution in [0.2, 0.25) is 0 Å². The molecular weight excluding hydrogens is 540 g/mol. The second-order valence-corrected chi connectivity index (χ2v) is 10.3. The minimum absolute atomic E-state index is 0.0147. The number of esters is 2. The summed E-state index contributed by atoms with van der Waals surface area (Å²) in [5.74, 6) is -3.36. The monoisotopic (exact) mass is 574 g/mol. The van der Waals surface area contributed by atoms with Crippen molar-refractivity contribution in [2.45, 2.75) is 26.1 Å². The molecule has 0 bridgehead atoms. The number of benzene rings is 4. The molecule has 0 radical (unpaired) electrons. The summed E-state index contributed by atoms with van der Waals surface area (Å²) in [4.78, 5) is 42.7. The van der Waals surface area contributed by atoms with Gasteiger partial charge in [-0.25, -0.2) is 0 Å². The molecule has 6 heteroatoms. The van der Waals surface area contributed by atoms with Crippen LogP contribution in [0.25, 0.3) is 12.2 Å². The molecule has 6 nitrogen and oxygen atoms in total. The highest BCUT2D eigenvalue weighted by Gasteiger charge is 2.70. The lowest BCUT2D eigenvalue weighted by atomic mass is 9.66. The Labute approximate surface area is 251 Å². The fourth-order valence-electron chi connectivity index (χ4n) is 5.71. The predicted octanol–water partition coefficient (Wildman–Crippen LogP) is 7.28. The molecule has 4 aromatic rings. The summed E-state index contributed by atoms with van der Waals surface area (Å²) in [6.07, 6.45) is 1.93. The summed E-state index contributed by atoms with van der Waals surface area (Å²) in [5, 5.41) is 0. The van der Waals surface area contributed by atoms with Gasteiger partial charge in [0.1, 0.15) is 6.10 Å². The Bertz CT molecular complexity index is 1540. The Hall–Kier alpha value is -4.81. The first-order chi connectivity index (χ1) is 21.0.